The van der Waals surface area contributed by atoms with Crippen LogP contribution >= 0.6 is 23.2 Å². The first kappa shape index (κ1) is 12.8. The maximum absolute atomic E-state index is 13.1. The van der Waals surface area contributed by atoms with Gasteiger partial charge in [0, 0.05) is 5.56 Å². The van der Waals surface area contributed by atoms with Crippen molar-refractivity contribution >= 4 is 29.2 Å². The van der Waals surface area contributed by atoms with Crippen LogP contribution in [0.1, 0.15) is 12.0 Å². The number of halogens is 3. The predicted molar refractivity (Wildman–Crippen MR) is 59.9 cm³/mol. The van der Waals surface area contributed by atoms with Crippen molar-refractivity contribution in [1.82, 2.24) is 0 Å². The molecule has 0 unspecified atom stereocenters. The Balaban J connectivity index is 2.86. The lowest BCUT2D eigenvalue weighted by Gasteiger charge is -1.98. The van der Waals surface area contributed by atoms with Gasteiger partial charge < -0.3 is 4.74 Å². The normalized spacial score (nSPS) is 9.25. The number of carbonyl (C=O) groups is 1. The SMILES string of the molecule is COC(=O)CC#Cc1cc(F)c(Cl)c(Cl)c1. The van der Waals surface area contributed by atoms with E-state index in [0.29, 0.717) is 5.56 Å². The Morgan fingerprint density at radius 1 is 1.50 bits per heavy atom. The molecule has 16 heavy (non-hydrogen) atoms. The van der Waals surface area contributed by atoms with E-state index in [4.69, 9.17) is 23.2 Å². The Morgan fingerprint density at radius 2 is 2.19 bits per heavy atom. The van der Waals surface area contributed by atoms with Gasteiger partial charge in [0.25, 0.3) is 0 Å². The highest BCUT2D eigenvalue weighted by Gasteiger charge is 2.05. The average Bonchev–Trinajstić information content (AvgIpc) is 2.25. The van der Waals surface area contributed by atoms with Gasteiger partial charge in [-0.3, -0.25) is 4.79 Å². The first-order valence-electron chi connectivity index (χ1n) is 4.25. The van der Waals surface area contributed by atoms with Crippen molar-refractivity contribution in [1.29, 1.82) is 0 Å². The lowest BCUT2D eigenvalue weighted by molar-refractivity contribution is -0.139. The maximum atomic E-state index is 13.1. The first-order valence-corrected chi connectivity index (χ1v) is 5.00. The number of benzene rings is 1. The summed E-state index contributed by atoms with van der Waals surface area (Å²) in [5.41, 5.74) is 0.357. The molecule has 0 heterocycles. The van der Waals surface area contributed by atoms with Crippen molar-refractivity contribution in [2.45, 2.75) is 6.42 Å². The van der Waals surface area contributed by atoms with Crippen LogP contribution in [-0.2, 0) is 9.53 Å². The van der Waals surface area contributed by atoms with Gasteiger partial charge in [-0.05, 0) is 12.1 Å². The molecule has 0 amide bonds. The minimum atomic E-state index is -0.642. The van der Waals surface area contributed by atoms with E-state index in [1.165, 1.54) is 13.2 Å². The van der Waals surface area contributed by atoms with E-state index in [2.05, 4.69) is 16.6 Å². The molecule has 0 saturated carbocycles. The van der Waals surface area contributed by atoms with E-state index >= 15 is 0 Å². The molecule has 2 nitrogen and oxygen atoms in total. The van der Waals surface area contributed by atoms with E-state index in [-0.39, 0.29) is 16.5 Å². The molecule has 0 atom stereocenters. The second-order valence-electron chi connectivity index (χ2n) is 2.81. The molecule has 5 heteroatoms. The third-order valence-corrected chi connectivity index (χ3v) is 2.46. The van der Waals surface area contributed by atoms with Crippen molar-refractivity contribution in [2.24, 2.45) is 0 Å². The summed E-state index contributed by atoms with van der Waals surface area (Å²) < 4.78 is 17.5. The highest BCUT2D eigenvalue weighted by molar-refractivity contribution is 6.42. The number of methoxy groups -OCH3 is 1. The largest absolute Gasteiger partial charge is 0.468 e. The van der Waals surface area contributed by atoms with E-state index in [0.717, 1.165) is 6.07 Å². The molecule has 0 aliphatic rings. The zero-order valence-electron chi connectivity index (χ0n) is 8.31. The minimum absolute atomic E-state index is 0.0572. The second-order valence-corrected chi connectivity index (χ2v) is 3.59. The van der Waals surface area contributed by atoms with Crippen LogP contribution in [0.5, 0.6) is 0 Å². The predicted octanol–water partition coefficient (Wildman–Crippen LogP) is 3.05. The zero-order valence-corrected chi connectivity index (χ0v) is 9.82. The molecule has 0 N–H and O–H groups in total. The topological polar surface area (TPSA) is 26.3 Å². The fraction of sp³-hybridized carbons (Fsp3) is 0.182. The fourth-order valence-electron chi connectivity index (χ4n) is 0.918. The number of ether oxygens (including phenoxy) is 1. The fourth-order valence-corrected chi connectivity index (χ4v) is 1.24. The molecule has 0 saturated heterocycles. The van der Waals surface area contributed by atoms with Gasteiger partial charge in [0.2, 0.25) is 0 Å². The summed E-state index contributed by atoms with van der Waals surface area (Å²) in [4.78, 5) is 10.7. The second kappa shape index (κ2) is 5.74. The Hall–Kier alpha value is -1.24. The molecule has 0 aliphatic heterocycles. The monoisotopic (exact) mass is 260 g/mol. The van der Waals surface area contributed by atoms with Gasteiger partial charge in [-0.2, -0.15) is 0 Å². The molecule has 1 rings (SSSR count). The maximum Gasteiger partial charge on any atom is 0.317 e. The highest BCUT2D eigenvalue weighted by Crippen LogP contribution is 2.25. The summed E-state index contributed by atoms with van der Waals surface area (Å²) in [6.45, 7) is 0. The van der Waals surface area contributed by atoms with Gasteiger partial charge >= 0.3 is 5.97 Å². The van der Waals surface area contributed by atoms with Crippen LogP contribution < -0.4 is 0 Å². The molecule has 0 bridgehead atoms. The summed E-state index contributed by atoms with van der Waals surface area (Å²) in [7, 11) is 1.27. The lowest BCUT2D eigenvalue weighted by Crippen LogP contribution is -1.97. The molecule has 0 aromatic heterocycles. The van der Waals surface area contributed by atoms with Gasteiger partial charge in [-0.25, -0.2) is 4.39 Å². The van der Waals surface area contributed by atoms with E-state index in [9.17, 15) is 9.18 Å². The molecule has 0 radical (unpaired) electrons. The summed E-state index contributed by atoms with van der Waals surface area (Å²) in [6.07, 6.45) is -0.0572. The van der Waals surface area contributed by atoms with Gasteiger partial charge in [0.15, 0.2) is 0 Å². The number of esters is 1. The molecule has 0 aliphatic carbocycles. The van der Waals surface area contributed by atoms with Crippen molar-refractivity contribution in [2.75, 3.05) is 7.11 Å². The van der Waals surface area contributed by atoms with Crippen LogP contribution in [0.15, 0.2) is 12.1 Å². The molecule has 1 aromatic rings. The Morgan fingerprint density at radius 3 is 2.75 bits per heavy atom. The number of rotatable bonds is 1. The van der Waals surface area contributed by atoms with Crippen LogP contribution in [0.2, 0.25) is 10.0 Å². The summed E-state index contributed by atoms with van der Waals surface area (Å²) >= 11 is 11.2. The van der Waals surface area contributed by atoms with E-state index < -0.39 is 11.8 Å². The molecule has 84 valence electrons. The van der Waals surface area contributed by atoms with Gasteiger partial charge in [-0.1, -0.05) is 35.0 Å². The zero-order chi connectivity index (χ0) is 12.1. The van der Waals surface area contributed by atoms with Crippen LogP contribution in [0, 0.1) is 17.7 Å². The Bertz CT molecular complexity index is 452. The molecule has 1 aromatic carbocycles. The highest BCUT2D eigenvalue weighted by atomic mass is 35.5. The van der Waals surface area contributed by atoms with Crippen LogP contribution in [0.25, 0.3) is 0 Å². The van der Waals surface area contributed by atoms with Crippen molar-refractivity contribution < 1.29 is 13.9 Å². The van der Waals surface area contributed by atoms with Crippen LogP contribution in [0.3, 0.4) is 0 Å². The Kier molecular flexibility index (Phi) is 4.60. The number of hydrogen-bond acceptors (Lipinski definition) is 2. The molecule has 0 fully saturated rings. The van der Waals surface area contributed by atoms with Crippen LogP contribution in [0.4, 0.5) is 4.39 Å². The Labute approximate surface area is 102 Å². The summed E-state index contributed by atoms with van der Waals surface area (Å²) in [5, 5.41) is -0.0516. The lowest BCUT2D eigenvalue weighted by atomic mass is 10.2. The van der Waals surface area contributed by atoms with Gasteiger partial charge in [0.05, 0.1) is 17.2 Å². The minimum Gasteiger partial charge on any atom is -0.468 e. The summed E-state index contributed by atoms with van der Waals surface area (Å²) in [6, 6.07) is 2.58. The quantitative estimate of drug-likeness (QED) is 0.441. The van der Waals surface area contributed by atoms with Gasteiger partial charge in [0.1, 0.15) is 12.2 Å². The average molecular weight is 261 g/mol. The van der Waals surface area contributed by atoms with E-state index in [1.807, 2.05) is 0 Å². The van der Waals surface area contributed by atoms with Crippen molar-refractivity contribution in [3.63, 3.8) is 0 Å². The standard InChI is InChI=1S/C11H7Cl2FO2/c1-16-10(15)4-2-3-7-5-8(12)11(13)9(14)6-7/h5-6H,4H2,1H3. The van der Waals surface area contributed by atoms with Crippen molar-refractivity contribution in [3.8, 4) is 11.8 Å². The summed E-state index contributed by atoms with van der Waals surface area (Å²) in [5.74, 6) is 4.03. The number of carbonyl (C=O) groups excluding carboxylic acids is 1. The third-order valence-electron chi connectivity index (χ3n) is 1.68. The first-order chi connectivity index (χ1) is 7.54. The molecular formula is C11H7Cl2FO2. The number of hydrogen-bond donors (Lipinski definition) is 0. The molecule has 0 spiro atoms. The van der Waals surface area contributed by atoms with E-state index in [1.54, 1.807) is 0 Å². The third kappa shape index (κ3) is 3.41. The van der Waals surface area contributed by atoms with Crippen LogP contribution in [-0.4, -0.2) is 13.1 Å². The van der Waals surface area contributed by atoms with Gasteiger partial charge in [-0.15, -0.1) is 0 Å². The smallest absolute Gasteiger partial charge is 0.317 e. The molecular weight excluding hydrogens is 254 g/mol. The van der Waals surface area contributed by atoms with Crippen molar-refractivity contribution in [3.05, 3.63) is 33.6 Å².